The van der Waals surface area contributed by atoms with E-state index < -0.39 is 21.7 Å². The van der Waals surface area contributed by atoms with Gasteiger partial charge in [-0.05, 0) is 0 Å². The maximum atomic E-state index is 12.0. The first-order valence-electron chi connectivity index (χ1n) is 2.29. The molecule has 0 amide bonds. The molecule has 0 radical (unpaired) electrons. The van der Waals surface area contributed by atoms with E-state index in [2.05, 4.69) is 0 Å². The monoisotopic (exact) mass is 302 g/mol. The van der Waals surface area contributed by atoms with Gasteiger partial charge >= 0.3 is 17.9 Å². The lowest BCUT2D eigenvalue weighted by Crippen LogP contribution is -2.49. The van der Waals surface area contributed by atoms with Gasteiger partial charge in [0.25, 0.3) is 3.79 Å². The SMILES string of the molecule is O=C(F)C(F)(F)C(F)(F)C(=O)I. The minimum atomic E-state index is -5.58. The number of carbonyl (C=O) groups is 2. The van der Waals surface area contributed by atoms with E-state index in [1.54, 1.807) is 0 Å². The van der Waals surface area contributed by atoms with Crippen molar-refractivity contribution in [3.8, 4) is 0 Å². The highest BCUT2D eigenvalue weighted by Crippen LogP contribution is 2.37. The van der Waals surface area contributed by atoms with Gasteiger partial charge in [0.2, 0.25) is 0 Å². The summed E-state index contributed by atoms with van der Waals surface area (Å²) in [5.74, 6) is -10.9. The molecule has 12 heavy (non-hydrogen) atoms. The highest BCUT2D eigenvalue weighted by molar-refractivity contribution is 14.1. The summed E-state index contributed by atoms with van der Waals surface area (Å²) >= 11 is 0.356. The molecular weight excluding hydrogens is 302 g/mol. The van der Waals surface area contributed by atoms with Crippen LogP contribution in [-0.2, 0) is 9.59 Å². The summed E-state index contributed by atoms with van der Waals surface area (Å²) in [4.78, 5) is 19.2. The van der Waals surface area contributed by atoms with E-state index in [0.717, 1.165) is 0 Å². The topological polar surface area (TPSA) is 34.1 Å². The molecule has 8 heteroatoms. The Bertz CT molecular complexity index is 201. The van der Waals surface area contributed by atoms with Crippen LogP contribution in [0.3, 0.4) is 0 Å². The molecule has 0 saturated carbocycles. The van der Waals surface area contributed by atoms with Crippen LogP contribution in [0.25, 0.3) is 0 Å². The van der Waals surface area contributed by atoms with Crippen molar-refractivity contribution in [1.82, 2.24) is 0 Å². The van der Waals surface area contributed by atoms with Gasteiger partial charge in [-0.3, -0.25) is 9.59 Å². The highest BCUT2D eigenvalue weighted by Gasteiger charge is 2.66. The van der Waals surface area contributed by atoms with E-state index in [9.17, 15) is 31.5 Å². The molecule has 0 spiro atoms. The Kier molecular flexibility index (Phi) is 3.15. The van der Waals surface area contributed by atoms with Gasteiger partial charge in [-0.25, -0.2) is 0 Å². The van der Waals surface area contributed by atoms with E-state index in [1.165, 1.54) is 0 Å². The minimum absolute atomic E-state index is 0.356. The third-order valence-electron chi connectivity index (χ3n) is 0.888. The third kappa shape index (κ3) is 1.72. The smallest absolute Gasteiger partial charge is 0.281 e. The van der Waals surface area contributed by atoms with Gasteiger partial charge < -0.3 is 0 Å². The largest absolute Gasteiger partial charge is 0.406 e. The Morgan fingerprint density at radius 3 is 1.42 bits per heavy atom. The van der Waals surface area contributed by atoms with Gasteiger partial charge in [0.1, 0.15) is 0 Å². The maximum absolute atomic E-state index is 12.0. The molecule has 0 fully saturated rings. The minimum Gasteiger partial charge on any atom is -0.281 e. The number of carbonyl (C=O) groups excluding carboxylic acids is 2. The molecule has 0 heterocycles. The van der Waals surface area contributed by atoms with Crippen LogP contribution in [0, 0.1) is 0 Å². The molecular formula is C4F5IO2. The fourth-order valence-corrected chi connectivity index (χ4v) is 0.586. The second-order valence-corrected chi connectivity index (χ2v) is 2.68. The van der Waals surface area contributed by atoms with Crippen LogP contribution >= 0.6 is 22.6 Å². The molecule has 0 aliphatic heterocycles. The molecule has 0 aliphatic carbocycles. The van der Waals surface area contributed by atoms with Gasteiger partial charge in [0.05, 0.1) is 0 Å². The quantitative estimate of drug-likeness (QED) is 0.452. The lowest BCUT2D eigenvalue weighted by atomic mass is 10.2. The normalized spacial score (nSPS) is 12.8. The average Bonchev–Trinajstić information content (AvgIpc) is 1.86. The van der Waals surface area contributed by atoms with Crippen LogP contribution in [0.4, 0.5) is 22.0 Å². The summed E-state index contributed by atoms with van der Waals surface area (Å²) in [6, 6.07) is -3.53. The number of halogens is 6. The predicted molar refractivity (Wildman–Crippen MR) is 35.0 cm³/mol. The Hall–Kier alpha value is -0.280. The molecule has 2 nitrogen and oxygen atoms in total. The summed E-state index contributed by atoms with van der Waals surface area (Å²) in [6.07, 6.45) is 0. The van der Waals surface area contributed by atoms with Crippen LogP contribution < -0.4 is 0 Å². The van der Waals surface area contributed by atoms with Crippen LogP contribution in [0.2, 0.25) is 0 Å². The van der Waals surface area contributed by atoms with Crippen molar-refractivity contribution in [2.45, 2.75) is 11.8 Å². The van der Waals surface area contributed by atoms with Crippen LogP contribution in [0.15, 0.2) is 0 Å². The molecule has 0 aliphatic rings. The van der Waals surface area contributed by atoms with E-state index in [0.29, 0.717) is 22.6 Å². The Balaban J connectivity index is 5.01. The first-order valence-corrected chi connectivity index (χ1v) is 3.37. The molecule has 0 saturated heterocycles. The summed E-state index contributed by atoms with van der Waals surface area (Å²) < 4.78 is 56.8. The first-order chi connectivity index (χ1) is 5.14. The van der Waals surface area contributed by atoms with Crippen molar-refractivity contribution in [3.05, 3.63) is 0 Å². The molecule has 70 valence electrons. The van der Waals surface area contributed by atoms with Gasteiger partial charge in [-0.2, -0.15) is 22.0 Å². The molecule has 0 aromatic carbocycles. The van der Waals surface area contributed by atoms with Gasteiger partial charge in [-0.15, -0.1) is 0 Å². The predicted octanol–water partition coefficient (Wildman–Crippen LogP) is 1.71. The lowest BCUT2D eigenvalue weighted by Gasteiger charge is -2.18. The second-order valence-electron chi connectivity index (χ2n) is 1.70. The van der Waals surface area contributed by atoms with Crippen molar-refractivity contribution in [1.29, 1.82) is 0 Å². The number of hydrogen-bond donors (Lipinski definition) is 0. The Morgan fingerprint density at radius 2 is 1.33 bits per heavy atom. The summed E-state index contributed by atoms with van der Waals surface area (Å²) in [5.41, 5.74) is 0. The van der Waals surface area contributed by atoms with Crippen molar-refractivity contribution in [2.24, 2.45) is 0 Å². The van der Waals surface area contributed by atoms with Crippen molar-refractivity contribution >= 4 is 32.4 Å². The van der Waals surface area contributed by atoms with E-state index in [4.69, 9.17) is 0 Å². The van der Waals surface area contributed by atoms with Crippen LogP contribution in [0.5, 0.6) is 0 Å². The number of rotatable bonds is 3. The van der Waals surface area contributed by atoms with E-state index in [-0.39, 0.29) is 0 Å². The fraction of sp³-hybridized carbons (Fsp3) is 0.500. The molecule has 0 aromatic heterocycles. The summed E-state index contributed by atoms with van der Waals surface area (Å²) in [6.45, 7) is 0. The molecule has 0 bridgehead atoms. The first kappa shape index (κ1) is 11.7. The third-order valence-corrected chi connectivity index (χ3v) is 1.57. The summed E-state index contributed by atoms with van der Waals surface area (Å²) in [7, 11) is 0. The van der Waals surface area contributed by atoms with Gasteiger partial charge in [0.15, 0.2) is 0 Å². The standard InChI is InChI=1S/C4F5IO2/c5-1(11)3(6,7)4(8,9)2(10)12. The lowest BCUT2D eigenvalue weighted by molar-refractivity contribution is -0.209. The average molecular weight is 302 g/mol. The fourth-order valence-electron chi connectivity index (χ4n) is 0.247. The Morgan fingerprint density at radius 1 is 1.00 bits per heavy atom. The second kappa shape index (κ2) is 3.23. The zero-order valence-corrected chi connectivity index (χ0v) is 7.24. The molecule has 0 N–H and O–H groups in total. The highest BCUT2D eigenvalue weighted by atomic mass is 127. The van der Waals surface area contributed by atoms with E-state index >= 15 is 0 Å². The van der Waals surface area contributed by atoms with Gasteiger partial charge in [0, 0.05) is 22.6 Å². The van der Waals surface area contributed by atoms with Gasteiger partial charge in [-0.1, -0.05) is 0 Å². The number of hydrogen-bond acceptors (Lipinski definition) is 2. The maximum Gasteiger partial charge on any atom is 0.406 e. The van der Waals surface area contributed by atoms with Crippen LogP contribution in [0.1, 0.15) is 0 Å². The molecule has 0 unspecified atom stereocenters. The van der Waals surface area contributed by atoms with E-state index in [1.807, 2.05) is 0 Å². The molecule has 0 rings (SSSR count). The van der Waals surface area contributed by atoms with Crippen molar-refractivity contribution in [3.63, 3.8) is 0 Å². The zero-order chi connectivity index (χ0) is 10.2. The molecule has 0 aromatic rings. The van der Waals surface area contributed by atoms with Crippen molar-refractivity contribution in [2.75, 3.05) is 0 Å². The number of alkyl halides is 4. The van der Waals surface area contributed by atoms with Crippen molar-refractivity contribution < 1.29 is 31.5 Å². The van der Waals surface area contributed by atoms with Crippen LogP contribution in [-0.4, -0.2) is 21.7 Å². The summed E-state index contributed by atoms with van der Waals surface area (Å²) in [5, 5.41) is 0. The molecule has 0 atom stereocenters. The Labute approximate surface area is 76.2 Å². The zero-order valence-electron chi connectivity index (χ0n) is 5.08.